The topological polar surface area (TPSA) is 69.0 Å². The molecule has 0 saturated carbocycles. The first-order valence-electron chi connectivity index (χ1n) is 7.54. The third-order valence-corrected chi connectivity index (χ3v) is 3.85. The third-order valence-electron chi connectivity index (χ3n) is 3.85. The van der Waals surface area contributed by atoms with Crippen LogP contribution in [0.5, 0.6) is 0 Å². The first-order chi connectivity index (χ1) is 9.74. The van der Waals surface area contributed by atoms with Crippen molar-refractivity contribution in [3.63, 3.8) is 0 Å². The minimum atomic E-state index is -0.363. The molecule has 1 N–H and O–H groups in total. The van der Waals surface area contributed by atoms with Crippen LogP contribution in [0.25, 0.3) is 0 Å². The number of ether oxygens (including phenoxy) is 1. The largest absolute Gasteiger partial charge is 0.461 e. The molecule has 2 heterocycles. The number of rotatable bonds is 8. The lowest BCUT2D eigenvalue weighted by atomic mass is 10.0. The highest BCUT2D eigenvalue weighted by Crippen LogP contribution is 2.14. The molecule has 0 amide bonds. The normalized spacial score (nSPS) is 16.7. The molecule has 6 nitrogen and oxygen atoms in total. The van der Waals surface area contributed by atoms with Crippen LogP contribution < -0.4 is 5.32 Å². The van der Waals surface area contributed by atoms with E-state index >= 15 is 0 Å². The average molecular weight is 280 g/mol. The second kappa shape index (κ2) is 7.38. The second-order valence-corrected chi connectivity index (χ2v) is 5.41. The highest BCUT2D eigenvalue weighted by Gasteiger charge is 2.22. The van der Waals surface area contributed by atoms with Crippen LogP contribution in [0, 0.1) is 5.92 Å². The van der Waals surface area contributed by atoms with Gasteiger partial charge in [0.2, 0.25) is 0 Å². The lowest BCUT2D eigenvalue weighted by molar-refractivity contribution is 0.0421. The van der Waals surface area contributed by atoms with Crippen molar-refractivity contribution in [3.05, 3.63) is 11.9 Å². The van der Waals surface area contributed by atoms with E-state index in [1.165, 1.54) is 12.8 Å². The van der Waals surface area contributed by atoms with Gasteiger partial charge in [0, 0.05) is 13.1 Å². The quantitative estimate of drug-likeness (QED) is 0.735. The molecule has 1 aliphatic rings. The Morgan fingerprint density at radius 2 is 2.35 bits per heavy atom. The summed E-state index contributed by atoms with van der Waals surface area (Å²) in [6.07, 6.45) is 6.18. The van der Waals surface area contributed by atoms with Gasteiger partial charge in [-0.25, -0.2) is 9.48 Å². The number of esters is 1. The van der Waals surface area contributed by atoms with Crippen LogP contribution >= 0.6 is 0 Å². The first kappa shape index (κ1) is 15.0. The number of aromatic nitrogens is 3. The molecule has 0 aromatic carbocycles. The summed E-state index contributed by atoms with van der Waals surface area (Å²) >= 11 is 0. The van der Waals surface area contributed by atoms with Crippen LogP contribution in [-0.2, 0) is 4.74 Å². The molecule has 112 valence electrons. The molecule has 2 rings (SSSR count). The number of unbranched alkanes of at least 4 members (excludes halogenated alkanes) is 1. The number of hydrogen-bond acceptors (Lipinski definition) is 5. The van der Waals surface area contributed by atoms with Crippen LogP contribution in [0.4, 0.5) is 0 Å². The van der Waals surface area contributed by atoms with Crippen molar-refractivity contribution in [1.82, 2.24) is 20.3 Å². The van der Waals surface area contributed by atoms with Crippen molar-refractivity contribution in [3.8, 4) is 0 Å². The average Bonchev–Trinajstić information content (AvgIpc) is 2.86. The number of carbonyl (C=O) groups excluding carboxylic acids is 1. The Balaban J connectivity index is 1.80. The Kier molecular flexibility index (Phi) is 5.52. The summed E-state index contributed by atoms with van der Waals surface area (Å²) in [4.78, 5) is 11.9. The predicted octanol–water partition coefficient (Wildman–Crippen LogP) is 1.80. The molecule has 0 radical (unpaired) electrons. The van der Waals surface area contributed by atoms with Gasteiger partial charge >= 0.3 is 5.97 Å². The van der Waals surface area contributed by atoms with Gasteiger partial charge in [-0.05, 0) is 12.3 Å². The van der Waals surface area contributed by atoms with Crippen LogP contribution in [-0.4, -0.2) is 40.7 Å². The predicted molar refractivity (Wildman–Crippen MR) is 75.5 cm³/mol. The maximum absolute atomic E-state index is 11.9. The summed E-state index contributed by atoms with van der Waals surface area (Å²) in [5.41, 5.74) is 0.308. The Hall–Kier alpha value is -1.43. The van der Waals surface area contributed by atoms with E-state index in [-0.39, 0.29) is 5.97 Å². The minimum absolute atomic E-state index is 0.308. The molecule has 1 aromatic rings. The fourth-order valence-corrected chi connectivity index (χ4v) is 2.17. The van der Waals surface area contributed by atoms with Crippen LogP contribution in [0.3, 0.4) is 0 Å². The van der Waals surface area contributed by atoms with E-state index in [4.69, 9.17) is 4.74 Å². The molecule has 0 aliphatic carbocycles. The van der Waals surface area contributed by atoms with E-state index in [1.807, 2.05) is 0 Å². The smallest absolute Gasteiger partial charge is 0.360 e. The number of nitrogens with one attached hydrogen (secondary N) is 1. The van der Waals surface area contributed by atoms with Crippen LogP contribution in [0.2, 0.25) is 0 Å². The maximum atomic E-state index is 11.9. The molecule has 1 atom stereocenters. The van der Waals surface area contributed by atoms with Gasteiger partial charge in [0.05, 0.1) is 18.8 Å². The first-order valence-corrected chi connectivity index (χ1v) is 7.54. The SMILES string of the molecule is CCCCC(CC)COC(=O)c1cn(C2CNC2)nn1. The second-order valence-electron chi connectivity index (χ2n) is 5.41. The lowest BCUT2D eigenvalue weighted by Gasteiger charge is -2.26. The van der Waals surface area contributed by atoms with Gasteiger partial charge < -0.3 is 10.1 Å². The standard InChI is InChI=1S/C14H24N4O2/c1-3-5-6-11(4-2)10-20-14(19)13-9-18(17-16-13)12-7-15-8-12/h9,11-12,15H,3-8,10H2,1-2H3. The van der Waals surface area contributed by atoms with Crippen LogP contribution in [0.1, 0.15) is 56.1 Å². The van der Waals surface area contributed by atoms with Crippen molar-refractivity contribution in [2.45, 2.75) is 45.6 Å². The zero-order chi connectivity index (χ0) is 14.4. The van der Waals surface area contributed by atoms with Gasteiger partial charge in [-0.2, -0.15) is 0 Å². The summed E-state index contributed by atoms with van der Waals surface area (Å²) in [5, 5.41) is 11.0. The van der Waals surface area contributed by atoms with Crippen molar-refractivity contribution in [2.75, 3.05) is 19.7 Å². The number of carbonyl (C=O) groups is 1. The monoisotopic (exact) mass is 280 g/mol. The van der Waals surface area contributed by atoms with E-state index in [0.29, 0.717) is 24.3 Å². The Morgan fingerprint density at radius 1 is 1.55 bits per heavy atom. The molecular formula is C14H24N4O2. The molecule has 1 saturated heterocycles. The highest BCUT2D eigenvalue weighted by molar-refractivity contribution is 5.86. The fraction of sp³-hybridized carbons (Fsp3) is 0.786. The summed E-state index contributed by atoms with van der Waals surface area (Å²) in [6, 6.07) is 0.317. The van der Waals surface area contributed by atoms with E-state index in [1.54, 1.807) is 10.9 Å². The van der Waals surface area contributed by atoms with Gasteiger partial charge in [0.25, 0.3) is 0 Å². The molecule has 20 heavy (non-hydrogen) atoms. The third kappa shape index (κ3) is 3.79. The molecule has 1 fully saturated rings. The van der Waals surface area contributed by atoms with Crippen molar-refractivity contribution in [2.24, 2.45) is 5.92 Å². The van der Waals surface area contributed by atoms with E-state index in [9.17, 15) is 4.79 Å². The number of nitrogens with zero attached hydrogens (tertiary/aromatic N) is 3. The summed E-state index contributed by atoms with van der Waals surface area (Å²) in [7, 11) is 0. The van der Waals surface area contributed by atoms with Gasteiger partial charge in [0.1, 0.15) is 0 Å². The summed E-state index contributed by atoms with van der Waals surface area (Å²) in [6.45, 7) is 6.55. The van der Waals surface area contributed by atoms with Crippen molar-refractivity contribution in [1.29, 1.82) is 0 Å². The molecule has 6 heteroatoms. The minimum Gasteiger partial charge on any atom is -0.461 e. The Morgan fingerprint density at radius 3 is 2.95 bits per heavy atom. The molecule has 1 aliphatic heterocycles. The Bertz CT molecular complexity index is 429. The summed E-state index contributed by atoms with van der Waals surface area (Å²) in [5.74, 6) is 0.0864. The molecule has 0 spiro atoms. The summed E-state index contributed by atoms with van der Waals surface area (Å²) < 4.78 is 7.09. The van der Waals surface area contributed by atoms with Gasteiger partial charge in [0.15, 0.2) is 5.69 Å². The Labute approximate surface area is 119 Å². The van der Waals surface area contributed by atoms with Gasteiger partial charge in [-0.1, -0.05) is 38.3 Å². The van der Waals surface area contributed by atoms with Crippen molar-refractivity contribution >= 4 is 5.97 Å². The van der Waals surface area contributed by atoms with Gasteiger partial charge in [-0.3, -0.25) is 0 Å². The van der Waals surface area contributed by atoms with E-state index in [2.05, 4.69) is 29.5 Å². The van der Waals surface area contributed by atoms with E-state index in [0.717, 1.165) is 25.9 Å². The van der Waals surface area contributed by atoms with E-state index < -0.39 is 0 Å². The zero-order valence-electron chi connectivity index (χ0n) is 12.3. The molecular weight excluding hydrogens is 256 g/mol. The maximum Gasteiger partial charge on any atom is 0.360 e. The highest BCUT2D eigenvalue weighted by atomic mass is 16.5. The number of hydrogen-bond donors (Lipinski definition) is 1. The van der Waals surface area contributed by atoms with Gasteiger partial charge in [-0.15, -0.1) is 5.10 Å². The molecule has 1 unspecified atom stereocenters. The lowest BCUT2D eigenvalue weighted by Crippen LogP contribution is -2.43. The fourth-order valence-electron chi connectivity index (χ4n) is 2.17. The van der Waals surface area contributed by atoms with Crippen LogP contribution in [0.15, 0.2) is 6.20 Å². The molecule has 1 aromatic heterocycles. The molecule has 0 bridgehead atoms. The zero-order valence-corrected chi connectivity index (χ0v) is 12.3. The van der Waals surface area contributed by atoms with Crippen molar-refractivity contribution < 1.29 is 9.53 Å².